The summed E-state index contributed by atoms with van der Waals surface area (Å²) in [7, 11) is 0. The number of nitrogens with zero attached hydrogens (tertiary/aromatic N) is 2. The number of aryl methyl sites for hydroxylation is 1. The highest BCUT2D eigenvalue weighted by Gasteiger charge is 2.15. The first-order valence-corrected chi connectivity index (χ1v) is 10.2. The Morgan fingerprint density at radius 3 is 2.43 bits per heavy atom. The molecule has 2 aromatic heterocycles. The fourth-order valence-corrected chi connectivity index (χ4v) is 4.08. The first-order chi connectivity index (χ1) is 14.4. The summed E-state index contributed by atoms with van der Waals surface area (Å²) in [5, 5.41) is 5.18. The molecule has 1 N–H and O–H groups in total. The number of rotatable bonds is 5. The molecule has 1 amide bonds. The molecule has 6 nitrogen and oxygen atoms in total. The fraction of sp³-hybridized carbons (Fsp3) is 0.130. The second-order valence-corrected chi connectivity index (χ2v) is 7.91. The molecule has 30 heavy (non-hydrogen) atoms. The molecule has 0 radical (unpaired) electrons. The van der Waals surface area contributed by atoms with Crippen LogP contribution in [0.4, 0.5) is 5.69 Å². The molecule has 150 valence electrons. The lowest BCUT2D eigenvalue weighted by Crippen LogP contribution is -2.27. The lowest BCUT2D eigenvalue weighted by Gasteiger charge is -2.08. The van der Waals surface area contributed by atoms with Crippen molar-refractivity contribution in [3.8, 4) is 11.1 Å². The van der Waals surface area contributed by atoms with Gasteiger partial charge in [-0.1, -0.05) is 29.8 Å². The van der Waals surface area contributed by atoms with Gasteiger partial charge in [-0.15, -0.1) is 11.3 Å². The minimum Gasteiger partial charge on any atom is -0.325 e. The van der Waals surface area contributed by atoms with Gasteiger partial charge in [0.25, 0.3) is 5.56 Å². The molecule has 0 spiro atoms. The minimum absolute atomic E-state index is 0.0426. The summed E-state index contributed by atoms with van der Waals surface area (Å²) in [6.07, 6.45) is 1.40. The van der Waals surface area contributed by atoms with Crippen molar-refractivity contribution >= 4 is 38.9 Å². The number of Topliss-reactive ketones (excluding diaryl/α,β-unsaturated/α-hetero) is 1. The Bertz CT molecular complexity index is 1300. The smallest absolute Gasteiger partial charge is 0.263 e. The Morgan fingerprint density at radius 1 is 1.07 bits per heavy atom. The standard InChI is InChI=1S/C23H19N3O3S/c1-14-3-5-17(6-4-14)19-12-30-22-21(19)23(29)26(13-24-22)11-20(28)25-18-9-7-16(8-10-18)15(2)27/h3-10,12-13H,11H2,1-2H3,(H,25,28). The van der Waals surface area contributed by atoms with Crippen LogP contribution in [0.15, 0.2) is 65.0 Å². The number of ketones is 1. The molecular formula is C23H19N3O3S. The van der Waals surface area contributed by atoms with E-state index < -0.39 is 0 Å². The zero-order chi connectivity index (χ0) is 21.3. The fourth-order valence-electron chi connectivity index (χ4n) is 3.17. The molecule has 0 unspecified atom stereocenters. The van der Waals surface area contributed by atoms with Crippen LogP contribution >= 0.6 is 11.3 Å². The molecule has 7 heteroatoms. The molecule has 4 rings (SSSR count). The van der Waals surface area contributed by atoms with Crippen LogP contribution in [0.3, 0.4) is 0 Å². The average Bonchev–Trinajstić information content (AvgIpc) is 3.16. The number of benzene rings is 2. The summed E-state index contributed by atoms with van der Waals surface area (Å²) >= 11 is 1.41. The lowest BCUT2D eigenvalue weighted by atomic mass is 10.1. The number of anilines is 1. The number of fused-ring (bicyclic) bond motifs is 1. The van der Waals surface area contributed by atoms with E-state index in [4.69, 9.17) is 0 Å². The van der Waals surface area contributed by atoms with Gasteiger partial charge >= 0.3 is 0 Å². The summed E-state index contributed by atoms with van der Waals surface area (Å²) in [6.45, 7) is 3.34. The number of hydrogen-bond donors (Lipinski definition) is 1. The van der Waals surface area contributed by atoms with Gasteiger partial charge in [0.1, 0.15) is 11.4 Å². The maximum atomic E-state index is 13.1. The van der Waals surface area contributed by atoms with Crippen LogP contribution in [0.5, 0.6) is 0 Å². The van der Waals surface area contributed by atoms with E-state index in [1.165, 1.54) is 29.2 Å². The van der Waals surface area contributed by atoms with Crippen LogP contribution < -0.4 is 10.9 Å². The Kier molecular flexibility index (Phi) is 5.29. The van der Waals surface area contributed by atoms with Crippen molar-refractivity contribution in [1.82, 2.24) is 9.55 Å². The highest BCUT2D eigenvalue weighted by molar-refractivity contribution is 7.17. The Hall–Kier alpha value is -3.58. The molecule has 0 atom stereocenters. The SMILES string of the molecule is CC(=O)c1ccc(NC(=O)Cn2cnc3scc(-c4ccc(C)cc4)c3c2=O)cc1. The van der Waals surface area contributed by atoms with Crippen molar-refractivity contribution in [3.05, 3.63) is 81.7 Å². The van der Waals surface area contributed by atoms with Crippen LogP contribution in [0.1, 0.15) is 22.8 Å². The molecule has 0 bridgehead atoms. The zero-order valence-electron chi connectivity index (χ0n) is 16.5. The maximum absolute atomic E-state index is 13.1. The Balaban J connectivity index is 1.60. The minimum atomic E-state index is -0.346. The second-order valence-electron chi connectivity index (χ2n) is 7.05. The number of carbonyl (C=O) groups excluding carboxylic acids is 2. The Labute approximate surface area is 176 Å². The highest BCUT2D eigenvalue weighted by Crippen LogP contribution is 2.30. The molecule has 0 aliphatic heterocycles. The molecule has 0 aliphatic carbocycles. The molecule has 0 aliphatic rings. The summed E-state index contributed by atoms with van der Waals surface area (Å²) in [5.41, 5.74) is 3.78. The molecule has 0 fully saturated rings. The van der Waals surface area contributed by atoms with E-state index in [-0.39, 0.29) is 23.8 Å². The number of aromatic nitrogens is 2. The van der Waals surface area contributed by atoms with E-state index in [1.54, 1.807) is 24.3 Å². The normalized spacial score (nSPS) is 10.9. The summed E-state index contributed by atoms with van der Waals surface area (Å²) in [5.74, 6) is -0.389. The van der Waals surface area contributed by atoms with Crippen molar-refractivity contribution in [3.63, 3.8) is 0 Å². The largest absolute Gasteiger partial charge is 0.325 e. The zero-order valence-corrected chi connectivity index (χ0v) is 17.3. The predicted octanol–water partition coefficient (Wildman–Crippen LogP) is 4.27. The van der Waals surface area contributed by atoms with Crippen LogP contribution in [-0.4, -0.2) is 21.2 Å². The molecule has 4 aromatic rings. The third-order valence-electron chi connectivity index (χ3n) is 4.81. The number of hydrogen-bond acceptors (Lipinski definition) is 5. The van der Waals surface area contributed by atoms with Gasteiger partial charge in [0.15, 0.2) is 5.78 Å². The molecule has 0 saturated heterocycles. The maximum Gasteiger partial charge on any atom is 0.263 e. The number of carbonyl (C=O) groups is 2. The van der Waals surface area contributed by atoms with E-state index in [0.717, 1.165) is 16.7 Å². The van der Waals surface area contributed by atoms with Gasteiger partial charge in [0.05, 0.1) is 11.7 Å². The summed E-state index contributed by atoms with van der Waals surface area (Å²) in [4.78, 5) is 41.9. The summed E-state index contributed by atoms with van der Waals surface area (Å²) < 4.78 is 1.31. The van der Waals surface area contributed by atoms with Gasteiger partial charge < -0.3 is 5.32 Å². The molecule has 2 heterocycles. The number of thiophene rings is 1. The molecular weight excluding hydrogens is 398 g/mol. The van der Waals surface area contributed by atoms with Crippen LogP contribution in [-0.2, 0) is 11.3 Å². The van der Waals surface area contributed by atoms with E-state index in [2.05, 4.69) is 10.3 Å². The van der Waals surface area contributed by atoms with Crippen molar-refractivity contribution in [2.75, 3.05) is 5.32 Å². The highest BCUT2D eigenvalue weighted by atomic mass is 32.1. The monoisotopic (exact) mass is 417 g/mol. The topological polar surface area (TPSA) is 81.1 Å². The van der Waals surface area contributed by atoms with Crippen LogP contribution in [0, 0.1) is 6.92 Å². The van der Waals surface area contributed by atoms with Crippen molar-refractivity contribution in [1.29, 1.82) is 0 Å². The lowest BCUT2D eigenvalue weighted by molar-refractivity contribution is -0.116. The van der Waals surface area contributed by atoms with Crippen molar-refractivity contribution in [2.45, 2.75) is 20.4 Å². The van der Waals surface area contributed by atoms with Crippen molar-refractivity contribution < 1.29 is 9.59 Å². The van der Waals surface area contributed by atoms with E-state index in [1.807, 2.05) is 36.6 Å². The van der Waals surface area contributed by atoms with Gasteiger partial charge in [0, 0.05) is 22.2 Å². The van der Waals surface area contributed by atoms with E-state index >= 15 is 0 Å². The van der Waals surface area contributed by atoms with Crippen LogP contribution in [0.2, 0.25) is 0 Å². The van der Waals surface area contributed by atoms with Crippen molar-refractivity contribution in [2.24, 2.45) is 0 Å². The van der Waals surface area contributed by atoms with Gasteiger partial charge in [0.2, 0.25) is 5.91 Å². The van der Waals surface area contributed by atoms with Gasteiger partial charge in [-0.05, 0) is 43.7 Å². The van der Waals surface area contributed by atoms with Crippen LogP contribution in [0.25, 0.3) is 21.3 Å². The second kappa shape index (κ2) is 8.04. The first-order valence-electron chi connectivity index (χ1n) is 9.37. The quantitative estimate of drug-likeness (QED) is 0.492. The van der Waals surface area contributed by atoms with E-state index in [9.17, 15) is 14.4 Å². The third kappa shape index (κ3) is 3.92. The summed E-state index contributed by atoms with van der Waals surface area (Å²) in [6, 6.07) is 14.6. The van der Waals surface area contributed by atoms with Gasteiger partial charge in [-0.25, -0.2) is 4.98 Å². The van der Waals surface area contributed by atoms with E-state index in [0.29, 0.717) is 21.5 Å². The third-order valence-corrected chi connectivity index (χ3v) is 5.70. The van der Waals surface area contributed by atoms with Gasteiger partial charge in [-0.2, -0.15) is 0 Å². The molecule has 0 saturated carbocycles. The average molecular weight is 417 g/mol. The Morgan fingerprint density at radius 2 is 1.77 bits per heavy atom. The number of nitrogens with one attached hydrogen (secondary N) is 1. The number of amides is 1. The molecule has 2 aromatic carbocycles. The predicted molar refractivity (Wildman–Crippen MR) is 119 cm³/mol. The van der Waals surface area contributed by atoms with Gasteiger partial charge in [-0.3, -0.25) is 19.0 Å². The first kappa shape index (κ1) is 19.7.